The molecule has 1 unspecified atom stereocenters. The van der Waals surface area contributed by atoms with Gasteiger partial charge in [0.05, 0.1) is 0 Å². The molecule has 0 saturated carbocycles. The van der Waals surface area contributed by atoms with Crippen molar-refractivity contribution in [2.75, 3.05) is 0 Å². The Bertz CT molecular complexity index is 646. The van der Waals surface area contributed by atoms with Gasteiger partial charge in [0, 0.05) is 22.9 Å². The molecule has 3 rings (SSSR count). The smallest absolute Gasteiger partial charge is 0.144 e. The van der Waals surface area contributed by atoms with Crippen LogP contribution in [0.5, 0.6) is 0 Å². The lowest BCUT2D eigenvalue weighted by molar-refractivity contribution is -0.119. The van der Waals surface area contributed by atoms with Gasteiger partial charge < -0.3 is 0 Å². The Morgan fingerprint density at radius 3 is 2.80 bits per heavy atom. The van der Waals surface area contributed by atoms with E-state index in [0.717, 1.165) is 18.4 Å². The molecular formula is C17H14ClFO. The minimum atomic E-state index is -0.405. The number of benzene rings is 2. The zero-order valence-corrected chi connectivity index (χ0v) is 11.7. The van der Waals surface area contributed by atoms with Gasteiger partial charge in [0.15, 0.2) is 0 Å². The molecule has 20 heavy (non-hydrogen) atoms. The predicted octanol–water partition coefficient (Wildman–Crippen LogP) is 4.32. The van der Waals surface area contributed by atoms with Crippen LogP contribution in [0.1, 0.15) is 29.0 Å². The number of fused-ring (bicyclic) bond motifs is 1. The van der Waals surface area contributed by atoms with E-state index in [1.54, 1.807) is 12.1 Å². The molecule has 0 saturated heterocycles. The molecule has 1 aliphatic rings. The van der Waals surface area contributed by atoms with Crippen molar-refractivity contribution in [2.24, 2.45) is 0 Å². The maximum Gasteiger partial charge on any atom is 0.144 e. The Morgan fingerprint density at radius 1 is 1.20 bits per heavy atom. The van der Waals surface area contributed by atoms with Crippen molar-refractivity contribution in [1.29, 1.82) is 0 Å². The highest BCUT2D eigenvalue weighted by Gasteiger charge is 2.28. The van der Waals surface area contributed by atoms with Crippen molar-refractivity contribution in [3.05, 3.63) is 70.0 Å². The fraction of sp³-hybridized carbons (Fsp3) is 0.235. The summed E-state index contributed by atoms with van der Waals surface area (Å²) in [4.78, 5) is 12.5. The van der Waals surface area contributed by atoms with E-state index in [9.17, 15) is 9.18 Å². The van der Waals surface area contributed by atoms with Crippen molar-refractivity contribution in [3.8, 4) is 0 Å². The quantitative estimate of drug-likeness (QED) is 0.822. The second kappa shape index (κ2) is 5.37. The number of carbonyl (C=O) groups excluding carboxylic acids is 1. The minimum absolute atomic E-state index is 0.0435. The fourth-order valence-corrected chi connectivity index (χ4v) is 3.12. The summed E-state index contributed by atoms with van der Waals surface area (Å²) in [6, 6.07) is 12.5. The van der Waals surface area contributed by atoms with E-state index in [1.165, 1.54) is 11.6 Å². The highest BCUT2D eigenvalue weighted by atomic mass is 35.5. The van der Waals surface area contributed by atoms with E-state index in [-0.39, 0.29) is 18.1 Å². The third-order valence-electron chi connectivity index (χ3n) is 3.93. The molecule has 0 spiro atoms. The summed E-state index contributed by atoms with van der Waals surface area (Å²) < 4.78 is 13.8. The van der Waals surface area contributed by atoms with Crippen LogP contribution >= 0.6 is 11.6 Å². The van der Waals surface area contributed by atoms with Gasteiger partial charge in [0.2, 0.25) is 0 Å². The number of Topliss-reactive ketones (excluding diaryl/α,β-unsaturated/α-hetero) is 1. The number of halogens is 2. The first kappa shape index (κ1) is 13.3. The summed E-state index contributed by atoms with van der Waals surface area (Å²) in [6.07, 6.45) is 1.78. The van der Waals surface area contributed by atoms with Gasteiger partial charge in [0.25, 0.3) is 0 Å². The van der Waals surface area contributed by atoms with Crippen molar-refractivity contribution in [1.82, 2.24) is 0 Å². The van der Waals surface area contributed by atoms with Crippen LogP contribution in [-0.4, -0.2) is 5.78 Å². The summed E-state index contributed by atoms with van der Waals surface area (Å²) in [5, 5.41) is 0.324. The highest BCUT2D eigenvalue weighted by Crippen LogP contribution is 2.35. The van der Waals surface area contributed by atoms with Crippen LogP contribution in [-0.2, 0) is 17.6 Å². The number of carbonyl (C=O) groups is 1. The Morgan fingerprint density at radius 2 is 2.00 bits per heavy atom. The Balaban J connectivity index is 1.85. The molecule has 1 aliphatic carbocycles. The van der Waals surface area contributed by atoms with Crippen LogP contribution in [0.4, 0.5) is 4.39 Å². The molecule has 0 fully saturated rings. The van der Waals surface area contributed by atoms with E-state index in [4.69, 9.17) is 11.6 Å². The van der Waals surface area contributed by atoms with Gasteiger partial charge in [-0.05, 0) is 36.1 Å². The summed E-state index contributed by atoms with van der Waals surface area (Å²) in [6.45, 7) is 0. The molecule has 0 aromatic heterocycles. The van der Waals surface area contributed by atoms with Crippen molar-refractivity contribution in [3.63, 3.8) is 0 Å². The third-order valence-corrected chi connectivity index (χ3v) is 4.29. The molecule has 0 aliphatic heterocycles. The first-order chi connectivity index (χ1) is 9.66. The summed E-state index contributed by atoms with van der Waals surface area (Å²) in [5.41, 5.74) is 2.62. The molecule has 1 nitrogen and oxygen atoms in total. The van der Waals surface area contributed by atoms with Crippen LogP contribution in [0.2, 0.25) is 5.02 Å². The lowest BCUT2D eigenvalue weighted by atomic mass is 9.92. The monoisotopic (exact) mass is 288 g/mol. The third kappa shape index (κ3) is 2.36. The molecule has 0 radical (unpaired) electrons. The second-order valence-electron chi connectivity index (χ2n) is 5.13. The van der Waals surface area contributed by atoms with Crippen molar-refractivity contribution in [2.45, 2.75) is 25.2 Å². The maximum absolute atomic E-state index is 13.8. The lowest BCUT2D eigenvalue weighted by Crippen LogP contribution is -2.13. The number of hydrogen-bond donors (Lipinski definition) is 0. The molecule has 0 amide bonds. The second-order valence-corrected chi connectivity index (χ2v) is 5.54. The van der Waals surface area contributed by atoms with Crippen molar-refractivity contribution >= 4 is 17.4 Å². The largest absolute Gasteiger partial charge is 0.299 e. The number of hydrogen-bond acceptors (Lipinski definition) is 1. The van der Waals surface area contributed by atoms with Gasteiger partial charge in [0.1, 0.15) is 11.6 Å². The van der Waals surface area contributed by atoms with Crippen LogP contribution in [0, 0.1) is 5.82 Å². The van der Waals surface area contributed by atoms with Crippen LogP contribution in [0.3, 0.4) is 0 Å². The van der Waals surface area contributed by atoms with Gasteiger partial charge in [-0.25, -0.2) is 4.39 Å². The zero-order chi connectivity index (χ0) is 14.1. The Hall–Kier alpha value is -1.67. The standard InChI is InChI=1S/C17H14ClFO/c18-15-6-3-7-16(19)14(15)10-17(20)13-9-8-11-4-1-2-5-12(11)13/h1-7,13H,8-10H2. The first-order valence-electron chi connectivity index (χ1n) is 6.70. The average molecular weight is 289 g/mol. The lowest BCUT2D eigenvalue weighted by Gasteiger charge is -2.11. The molecule has 0 N–H and O–H groups in total. The highest BCUT2D eigenvalue weighted by molar-refractivity contribution is 6.31. The normalized spacial score (nSPS) is 17.0. The molecule has 2 aromatic rings. The van der Waals surface area contributed by atoms with Crippen LogP contribution in [0.25, 0.3) is 0 Å². The Kier molecular flexibility index (Phi) is 3.58. The topological polar surface area (TPSA) is 17.1 Å². The minimum Gasteiger partial charge on any atom is -0.299 e. The van der Waals surface area contributed by atoms with Crippen LogP contribution < -0.4 is 0 Å². The van der Waals surface area contributed by atoms with Gasteiger partial charge >= 0.3 is 0 Å². The van der Waals surface area contributed by atoms with Crippen molar-refractivity contribution < 1.29 is 9.18 Å². The van der Waals surface area contributed by atoms with Gasteiger partial charge in [-0.1, -0.05) is 41.9 Å². The van der Waals surface area contributed by atoms with Gasteiger partial charge in [-0.3, -0.25) is 4.79 Å². The van der Waals surface area contributed by atoms with E-state index in [2.05, 4.69) is 6.07 Å². The molecule has 0 heterocycles. The summed E-state index contributed by atoms with van der Waals surface area (Å²) in [7, 11) is 0. The van der Waals surface area contributed by atoms with Gasteiger partial charge in [-0.2, -0.15) is 0 Å². The van der Waals surface area contributed by atoms with E-state index in [1.807, 2.05) is 18.2 Å². The van der Waals surface area contributed by atoms with E-state index >= 15 is 0 Å². The molecule has 3 heteroatoms. The van der Waals surface area contributed by atoms with Crippen LogP contribution in [0.15, 0.2) is 42.5 Å². The summed E-state index contributed by atoms with van der Waals surface area (Å²) >= 11 is 5.99. The molecule has 102 valence electrons. The average Bonchev–Trinajstić information content (AvgIpc) is 2.87. The number of aryl methyl sites for hydroxylation is 1. The van der Waals surface area contributed by atoms with E-state index in [0.29, 0.717) is 10.6 Å². The Labute approximate surface area is 122 Å². The van der Waals surface area contributed by atoms with E-state index < -0.39 is 5.82 Å². The molecular weight excluding hydrogens is 275 g/mol. The number of ketones is 1. The SMILES string of the molecule is O=C(Cc1c(F)cccc1Cl)C1CCc2ccccc21. The van der Waals surface area contributed by atoms with Gasteiger partial charge in [-0.15, -0.1) is 0 Å². The summed E-state index contributed by atoms with van der Waals surface area (Å²) in [5.74, 6) is -0.485. The number of rotatable bonds is 3. The molecule has 0 bridgehead atoms. The first-order valence-corrected chi connectivity index (χ1v) is 7.08. The zero-order valence-electron chi connectivity index (χ0n) is 10.9. The molecule has 1 atom stereocenters. The molecule has 2 aromatic carbocycles. The fourth-order valence-electron chi connectivity index (χ4n) is 2.89. The predicted molar refractivity (Wildman–Crippen MR) is 77.6 cm³/mol. The maximum atomic E-state index is 13.8.